The Kier molecular flexibility index (Phi) is 13.4. The van der Waals surface area contributed by atoms with Crippen LogP contribution >= 0.6 is 11.8 Å². The SMILES string of the molecule is CCCC(=O)CC[C@@H]1N[C@]23SC[C@@H](C(=O)O)N2C(=O)[C@H](C)N3C1=O.C[C@@H](NC(=O)c1ccc(NCc2cnc3nc(N)[nH]c(=O)c3n2)cc1)C(=O)O.O=C=O. The van der Waals surface area contributed by atoms with E-state index in [4.69, 9.17) is 20.4 Å². The number of amides is 3. The predicted octanol–water partition coefficient (Wildman–Crippen LogP) is -0.495. The second kappa shape index (κ2) is 17.7. The van der Waals surface area contributed by atoms with Crippen LogP contribution in [0.2, 0.25) is 0 Å². The van der Waals surface area contributed by atoms with Crippen LogP contribution in [0.5, 0.6) is 0 Å². The van der Waals surface area contributed by atoms with Gasteiger partial charge < -0.3 is 26.6 Å². The topological polar surface area (TPSA) is 317 Å². The summed E-state index contributed by atoms with van der Waals surface area (Å²) in [4.78, 5) is 117. The van der Waals surface area contributed by atoms with Crippen molar-refractivity contribution in [1.82, 2.24) is 40.4 Å². The summed E-state index contributed by atoms with van der Waals surface area (Å²) < 4.78 is 0. The Hall–Kier alpha value is -6.25. The van der Waals surface area contributed by atoms with Crippen molar-refractivity contribution < 1.29 is 48.6 Å². The van der Waals surface area contributed by atoms with Crippen LogP contribution in [0, 0.1) is 0 Å². The van der Waals surface area contributed by atoms with E-state index in [2.05, 4.69) is 35.9 Å². The van der Waals surface area contributed by atoms with Crippen molar-refractivity contribution >= 4 is 76.2 Å². The molecule has 3 fully saturated rings. The number of aromatic nitrogens is 4. The minimum Gasteiger partial charge on any atom is -0.480 e. The summed E-state index contributed by atoms with van der Waals surface area (Å²) in [6, 6.07) is 3.28. The standard InChI is InChI=1S/C17H17N7O4.C15H21N3O5S.CO2/c1-8(16(27)28)21-14(25)9-2-4-10(5-3-9)19-6-11-7-20-13-12(22-11)15(26)24-17(18)23-13;1-3-4-9(19)5-6-10-13(21)17-8(2)12(20)18-11(14(22)23)7-24-15(17,18)16-10;2-1-3/h2-5,7-8,19H,6H2,1H3,(H,21,25)(H,27,28)(H3,18,20,23,24,26);8,10-11,16H,3-7H2,1-2H3,(H,22,23);/t8-;8-,10-,11-,15+;/m10./s1. The maximum Gasteiger partial charge on any atom is 0.373 e. The van der Waals surface area contributed by atoms with Crippen molar-refractivity contribution in [3.63, 3.8) is 0 Å². The number of benzene rings is 1. The number of nitrogen functional groups attached to an aromatic ring is 1. The molecule has 1 spiro atoms. The molecule has 0 saturated carbocycles. The van der Waals surface area contributed by atoms with Crippen LogP contribution in [0.15, 0.2) is 35.3 Å². The van der Waals surface area contributed by atoms with Crippen LogP contribution < -0.4 is 27.2 Å². The molecule has 3 amide bonds. The molecule has 55 heavy (non-hydrogen) atoms. The molecule has 3 aliphatic rings. The fourth-order valence-corrected chi connectivity index (χ4v) is 7.66. The molecular formula is C33H38N10O11S. The van der Waals surface area contributed by atoms with Gasteiger partial charge in [-0.15, -0.1) is 0 Å². The Morgan fingerprint density at radius 2 is 1.75 bits per heavy atom. The molecule has 292 valence electrons. The number of anilines is 2. The number of carbonyl (C=O) groups excluding carboxylic acids is 6. The summed E-state index contributed by atoms with van der Waals surface area (Å²) in [5.74, 6) is -2.94. The highest BCUT2D eigenvalue weighted by Crippen LogP contribution is 2.50. The van der Waals surface area contributed by atoms with Crippen LogP contribution in [0.1, 0.15) is 62.5 Å². The number of fused-ring (bicyclic) bond motifs is 1. The zero-order valence-electron chi connectivity index (χ0n) is 29.7. The monoisotopic (exact) mass is 782 g/mol. The Labute approximate surface area is 315 Å². The lowest BCUT2D eigenvalue weighted by Gasteiger charge is -2.33. The van der Waals surface area contributed by atoms with E-state index in [-0.39, 0.29) is 53.2 Å². The van der Waals surface area contributed by atoms with Crippen molar-refractivity contribution in [3.8, 4) is 0 Å². The van der Waals surface area contributed by atoms with Gasteiger partial charge in [-0.05, 0) is 51.0 Å². The minimum atomic E-state index is -1.12. The van der Waals surface area contributed by atoms with E-state index < -0.39 is 52.7 Å². The zero-order valence-corrected chi connectivity index (χ0v) is 30.5. The lowest BCUT2D eigenvalue weighted by Crippen LogP contribution is -2.57. The summed E-state index contributed by atoms with van der Waals surface area (Å²) in [6.07, 6.45) is 3.67. The van der Waals surface area contributed by atoms with Gasteiger partial charge in [-0.1, -0.05) is 18.7 Å². The van der Waals surface area contributed by atoms with Crippen molar-refractivity contribution in [3.05, 3.63) is 52.1 Å². The number of hydrogen-bond acceptors (Lipinski definition) is 16. The molecule has 8 N–H and O–H groups in total. The van der Waals surface area contributed by atoms with Gasteiger partial charge in [0.2, 0.25) is 22.9 Å². The number of rotatable bonds is 12. The second-order valence-corrected chi connectivity index (χ2v) is 13.6. The maximum atomic E-state index is 12.7. The molecule has 6 rings (SSSR count). The number of carbonyl (C=O) groups is 6. The number of nitrogens with two attached hydrogens (primary N) is 1. The van der Waals surface area contributed by atoms with Gasteiger partial charge in [0.1, 0.15) is 23.9 Å². The highest BCUT2D eigenvalue weighted by Gasteiger charge is 2.69. The molecule has 1 aromatic carbocycles. The van der Waals surface area contributed by atoms with Gasteiger partial charge in [0, 0.05) is 29.8 Å². The molecule has 3 aliphatic heterocycles. The molecule has 21 nitrogen and oxygen atoms in total. The maximum absolute atomic E-state index is 12.7. The number of carboxylic acids is 2. The summed E-state index contributed by atoms with van der Waals surface area (Å²) in [7, 11) is 0. The predicted molar refractivity (Wildman–Crippen MR) is 192 cm³/mol. The fraction of sp³-hybridized carbons (Fsp3) is 0.424. The molecule has 0 unspecified atom stereocenters. The van der Waals surface area contributed by atoms with Crippen LogP contribution in [0.3, 0.4) is 0 Å². The first-order valence-corrected chi connectivity index (χ1v) is 17.8. The van der Waals surface area contributed by atoms with Gasteiger partial charge in [0.15, 0.2) is 11.2 Å². The van der Waals surface area contributed by atoms with Gasteiger partial charge >= 0.3 is 18.1 Å². The first-order chi connectivity index (χ1) is 26.1. The number of nitrogens with one attached hydrogen (secondary N) is 4. The summed E-state index contributed by atoms with van der Waals surface area (Å²) in [5.41, 5.74) is 6.80. The van der Waals surface area contributed by atoms with E-state index in [0.29, 0.717) is 36.2 Å². The zero-order chi connectivity index (χ0) is 40.6. The molecule has 2 aromatic heterocycles. The summed E-state index contributed by atoms with van der Waals surface area (Å²) in [6.45, 7) is 5.22. The molecule has 3 saturated heterocycles. The number of nitrogens with zero attached hydrogens (tertiary/aromatic N) is 5. The molecule has 0 bridgehead atoms. The average molecular weight is 783 g/mol. The Morgan fingerprint density at radius 3 is 2.36 bits per heavy atom. The third kappa shape index (κ3) is 9.11. The van der Waals surface area contributed by atoms with Gasteiger partial charge in [-0.2, -0.15) is 14.6 Å². The van der Waals surface area contributed by atoms with Crippen LogP contribution in [0.25, 0.3) is 11.2 Å². The lowest BCUT2D eigenvalue weighted by molar-refractivity contribution is -0.191. The summed E-state index contributed by atoms with van der Waals surface area (Å²) in [5, 5.41) is 25.7. The molecule has 0 radical (unpaired) electrons. The normalized spacial score (nSPS) is 21.3. The lowest BCUT2D eigenvalue weighted by atomic mass is 10.1. The molecule has 3 aromatic rings. The number of H-pyrrole nitrogens is 1. The Balaban J connectivity index is 0.000000231. The first kappa shape index (κ1) is 41.5. The molecule has 0 aliphatic carbocycles. The van der Waals surface area contributed by atoms with Crippen molar-refractivity contribution in [2.24, 2.45) is 0 Å². The molecule has 5 atom stereocenters. The van der Waals surface area contributed by atoms with Gasteiger partial charge in [-0.25, -0.2) is 14.8 Å². The Morgan fingerprint density at radius 1 is 1.07 bits per heavy atom. The van der Waals surface area contributed by atoms with E-state index in [1.807, 2.05) is 6.92 Å². The molecular weight excluding hydrogens is 744 g/mol. The van der Waals surface area contributed by atoms with E-state index in [1.165, 1.54) is 34.7 Å². The van der Waals surface area contributed by atoms with Gasteiger partial charge in [0.05, 0.1) is 24.5 Å². The number of ketones is 1. The van der Waals surface area contributed by atoms with Crippen molar-refractivity contribution in [2.45, 2.75) is 82.3 Å². The molecule has 5 heterocycles. The third-order valence-corrected chi connectivity index (χ3v) is 10.0. The number of thioether (sulfide) groups is 1. The first-order valence-electron chi connectivity index (χ1n) is 16.8. The van der Waals surface area contributed by atoms with Gasteiger partial charge in [-0.3, -0.25) is 48.9 Å². The highest BCUT2D eigenvalue weighted by atomic mass is 32.2. The van der Waals surface area contributed by atoms with E-state index in [0.717, 1.165) is 6.42 Å². The Bertz CT molecular complexity index is 2070. The largest absolute Gasteiger partial charge is 0.480 e. The number of hydrogen-bond donors (Lipinski definition) is 7. The fourth-order valence-electron chi connectivity index (χ4n) is 6.01. The number of carboxylic acid groups (broad SMARTS) is 2. The van der Waals surface area contributed by atoms with Crippen LogP contribution in [0.4, 0.5) is 11.6 Å². The van der Waals surface area contributed by atoms with E-state index >= 15 is 0 Å². The number of Topliss-reactive ketones (excluding diaryl/α,β-unsaturated/α-hetero) is 1. The highest BCUT2D eigenvalue weighted by molar-refractivity contribution is 8.00. The average Bonchev–Trinajstić information content (AvgIpc) is 3.72. The molecule has 22 heteroatoms. The minimum absolute atomic E-state index is 0.0282. The smallest absolute Gasteiger partial charge is 0.373 e. The number of aromatic amines is 1. The second-order valence-electron chi connectivity index (χ2n) is 12.4. The van der Waals surface area contributed by atoms with Crippen molar-refractivity contribution in [2.75, 3.05) is 16.8 Å². The quantitative estimate of drug-likeness (QED) is 0.122. The van der Waals surface area contributed by atoms with Crippen molar-refractivity contribution in [1.29, 1.82) is 0 Å². The number of aliphatic carboxylic acids is 2. The van der Waals surface area contributed by atoms with Gasteiger partial charge in [0.25, 0.3) is 11.5 Å². The van der Waals surface area contributed by atoms with Crippen LogP contribution in [-0.2, 0) is 40.1 Å². The third-order valence-electron chi connectivity index (χ3n) is 8.64. The van der Waals surface area contributed by atoms with E-state index in [1.54, 1.807) is 31.2 Å². The van der Waals surface area contributed by atoms with Crippen LogP contribution in [-0.4, -0.2) is 117 Å². The van der Waals surface area contributed by atoms with E-state index in [9.17, 15) is 38.7 Å². The summed E-state index contributed by atoms with van der Waals surface area (Å²) >= 11 is 1.26.